The van der Waals surface area contributed by atoms with Crippen molar-refractivity contribution < 1.29 is 14.3 Å². The Kier molecular flexibility index (Phi) is 7.14. The van der Waals surface area contributed by atoms with Crippen molar-refractivity contribution in [2.45, 2.75) is 26.2 Å². The van der Waals surface area contributed by atoms with Crippen LogP contribution < -0.4 is 10.6 Å². The maximum absolute atomic E-state index is 12.5. The molecule has 0 atom stereocenters. The molecule has 0 aromatic heterocycles. The van der Waals surface area contributed by atoms with Crippen LogP contribution in [0.25, 0.3) is 0 Å². The molecule has 0 unspecified atom stereocenters. The van der Waals surface area contributed by atoms with Crippen LogP contribution in [-0.4, -0.2) is 48.1 Å². The Balaban J connectivity index is 1.93. The van der Waals surface area contributed by atoms with Gasteiger partial charge in [-0.15, -0.1) is 0 Å². The number of benzene rings is 1. The summed E-state index contributed by atoms with van der Waals surface area (Å²) in [5.41, 5.74) is 1.26. The Labute approximate surface area is 147 Å². The van der Waals surface area contributed by atoms with E-state index in [1.54, 1.807) is 29.2 Å². The fraction of sp³-hybridized carbons (Fsp3) is 0.471. The third-order valence-electron chi connectivity index (χ3n) is 3.68. The van der Waals surface area contributed by atoms with Gasteiger partial charge in [-0.3, -0.25) is 9.59 Å². The molecule has 1 aromatic carbocycles. The fourth-order valence-corrected chi connectivity index (χ4v) is 2.60. The molecule has 1 aliphatic heterocycles. The van der Waals surface area contributed by atoms with E-state index in [9.17, 15) is 9.59 Å². The molecule has 6 nitrogen and oxygen atoms in total. The van der Waals surface area contributed by atoms with Crippen molar-refractivity contribution >= 4 is 34.8 Å². The normalized spacial score (nSPS) is 14.1. The van der Waals surface area contributed by atoms with Gasteiger partial charge in [0.25, 0.3) is 5.91 Å². The molecular weight excluding hydrogens is 326 g/mol. The lowest BCUT2D eigenvalue weighted by Gasteiger charge is -2.27. The van der Waals surface area contributed by atoms with Crippen molar-refractivity contribution in [3.05, 3.63) is 29.8 Å². The summed E-state index contributed by atoms with van der Waals surface area (Å²) in [4.78, 5) is 25.9. The van der Waals surface area contributed by atoms with Crippen LogP contribution in [0.1, 0.15) is 36.5 Å². The van der Waals surface area contributed by atoms with Gasteiger partial charge in [-0.2, -0.15) is 0 Å². The van der Waals surface area contributed by atoms with Crippen LogP contribution in [0, 0.1) is 0 Å². The third kappa shape index (κ3) is 5.58. The molecule has 1 fully saturated rings. The number of thiocarbonyl (C=S) groups is 1. The molecule has 1 heterocycles. The minimum Gasteiger partial charge on any atom is -0.378 e. The highest BCUT2D eigenvalue weighted by Crippen LogP contribution is 2.14. The van der Waals surface area contributed by atoms with Crippen LogP contribution in [0.15, 0.2) is 24.3 Å². The minimum absolute atomic E-state index is 0.0279. The smallest absolute Gasteiger partial charge is 0.254 e. The molecule has 0 radical (unpaired) electrons. The lowest BCUT2D eigenvalue weighted by molar-refractivity contribution is -0.119. The summed E-state index contributed by atoms with van der Waals surface area (Å²) >= 11 is 5.14. The van der Waals surface area contributed by atoms with Gasteiger partial charge in [0.15, 0.2) is 5.11 Å². The number of carbonyl (C=O) groups excluding carboxylic acids is 2. The van der Waals surface area contributed by atoms with Gasteiger partial charge in [-0.1, -0.05) is 19.4 Å². The Morgan fingerprint density at radius 2 is 2.04 bits per heavy atom. The topological polar surface area (TPSA) is 70.7 Å². The van der Waals surface area contributed by atoms with Crippen molar-refractivity contribution in [3.63, 3.8) is 0 Å². The summed E-state index contributed by atoms with van der Waals surface area (Å²) < 4.78 is 5.26. The quantitative estimate of drug-likeness (QED) is 0.797. The zero-order valence-electron chi connectivity index (χ0n) is 13.8. The Morgan fingerprint density at radius 1 is 1.29 bits per heavy atom. The van der Waals surface area contributed by atoms with Crippen molar-refractivity contribution in [1.82, 2.24) is 10.2 Å². The maximum Gasteiger partial charge on any atom is 0.254 e. The zero-order chi connectivity index (χ0) is 17.4. The Bertz CT molecular complexity index is 600. The molecule has 0 bridgehead atoms. The number of amides is 2. The van der Waals surface area contributed by atoms with Crippen LogP contribution in [-0.2, 0) is 9.53 Å². The van der Waals surface area contributed by atoms with Gasteiger partial charge < -0.3 is 20.3 Å². The average Bonchev–Trinajstić information content (AvgIpc) is 2.60. The van der Waals surface area contributed by atoms with Crippen LogP contribution in [0.3, 0.4) is 0 Å². The number of unbranched alkanes of at least 4 members (excludes halogenated alkanes) is 1. The summed E-state index contributed by atoms with van der Waals surface area (Å²) in [6, 6.07) is 7.10. The number of carbonyl (C=O) groups is 2. The average molecular weight is 349 g/mol. The van der Waals surface area contributed by atoms with Gasteiger partial charge in [0.1, 0.15) is 0 Å². The number of nitrogens with one attached hydrogen (secondary N) is 2. The first-order chi connectivity index (χ1) is 11.6. The first kappa shape index (κ1) is 18.4. The summed E-state index contributed by atoms with van der Waals surface area (Å²) in [5.74, 6) is -0.130. The van der Waals surface area contributed by atoms with Crippen molar-refractivity contribution in [2.75, 3.05) is 31.6 Å². The predicted molar refractivity (Wildman–Crippen MR) is 97.1 cm³/mol. The molecule has 2 amide bonds. The van der Waals surface area contributed by atoms with E-state index < -0.39 is 0 Å². The van der Waals surface area contributed by atoms with Crippen molar-refractivity contribution in [3.8, 4) is 0 Å². The largest absolute Gasteiger partial charge is 0.378 e. The molecular formula is C17H23N3O3S. The van der Waals surface area contributed by atoms with E-state index in [1.165, 1.54) is 0 Å². The van der Waals surface area contributed by atoms with Crippen LogP contribution in [0.5, 0.6) is 0 Å². The number of nitrogens with zero attached hydrogens (tertiary/aromatic N) is 1. The molecule has 24 heavy (non-hydrogen) atoms. The third-order valence-corrected chi connectivity index (χ3v) is 3.88. The highest BCUT2D eigenvalue weighted by atomic mass is 32.1. The second-order valence-corrected chi connectivity index (χ2v) is 6.00. The van der Waals surface area contributed by atoms with Gasteiger partial charge in [0.05, 0.1) is 13.2 Å². The van der Waals surface area contributed by atoms with Crippen molar-refractivity contribution in [1.29, 1.82) is 0 Å². The van der Waals surface area contributed by atoms with E-state index in [2.05, 4.69) is 10.6 Å². The standard InChI is InChI=1S/C17H23N3O3S/c1-2-3-7-15(21)19-17(24)18-14-6-4-5-13(12-14)16(22)20-8-10-23-11-9-20/h4-6,12H,2-3,7-11H2,1H3,(H2,18,19,21,24). The van der Waals surface area contributed by atoms with Gasteiger partial charge in [-0.05, 0) is 36.8 Å². The lowest BCUT2D eigenvalue weighted by Crippen LogP contribution is -2.40. The van der Waals surface area contributed by atoms with Crippen molar-refractivity contribution in [2.24, 2.45) is 0 Å². The predicted octanol–water partition coefficient (Wildman–Crippen LogP) is 2.16. The monoisotopic (exact) mass is 349 g/mol. The minimum atomic E-state index is -0.102. The molecule has 1 aliphatic rings. The molecule has 2 rings (SSSR count). The first-order valence-electron chi connectivity index (χ1n) is 8.18. The summed E-state index contributed by atoms with van der Waals surface area (Å²) in [7, 11) is 0. The van der Waals surface area contributed by atoms with E-state index in [1.807, 2.05) is 6.92 Å². The second-order valence-electron chi connectivity index (χ2n) is 5.59. The van der Waals surface area contributed by atoms with Gasteiger partial charge in [0.2, 0.25) is 5.91 Å². The molecule has 130 valence electrons. The lowest BCUT2D eigenvalue weighted by atomic mass is 10.1. The molecule has 2 N–H and O–H groups in total. The van der Waals surface area contributed by atoms with E-state index in [4.69, 9.17) is 17.0 Å². The number of rotatable bonds is 5. The molecule has 0 spiro atoms. The number of hydrogen-bond acceptors (Lipinski definition) is 4. The SMILES string of the molecule is CCCCC(=O)NC(=S)Nc1cccc(C(=O)N2CCOCC2)c1. The zero-order valence-corrected chi connectivity index (χ0v) is 14.7. The molecule has 1 aromatic rings. The highest BCUT2D eigenvalue weighted by molar-refractivity contribution is 7.80. The van der Waals surface area contributed by atoms with E-state index in [0.717, 1.165) is 12.8 Å². The van der Waals surface area contributed by atoms with Gasteiger partial charge >= 0.3 is 0 Å². The molecule has 1 saturated heterocycles. The first-order valence-corrected chi connectivity index (χ1v) is 8.59. The maximum atomic E-state index is 12.5. The summed E-state index contributed by atoms with van der Waals surface area (Å²) in [6.07, 6.45) is 2.24. The summed E-state index contributed by atoms with van der Waals surface area (Å²) in [6.45, 7) is 4.36. The van der Waals surface area contributed by atoms with Gasteiger partial charge in [0, 0.05) is 30.8 Å². The molecule has 0 saturated carbocycles. The number of hydrogen-bond donors (Lipinski definition) is 2. The summed E-state index contributed by atoms with van der Waals surface area (Å²) in [5, 5.41) is 5.84. The van der Waals surface area contributed by atoms with Crippen LogP contribution in [0.2, 0.25) is 0 Å². The Morgan fingerprint density at radius 3 is 2.75 bits per heavy atom. The van der Waals surface area contributed by atoms with Gasteiger partial charge in [-0.25, -0.2) is 0 Å². The van der Waals surface area contributed by atoms with Crippen LogP contribution in [0.4, 0.5) is 5.69 Å². The Hall–Kier alpha value is -1.99. The van der Waals surface area contributed by atoms with Crippen LogP contribution >= 0.6 is 12.2 Å². The molecule has 7 heteroatoms. The number of morpholine rings is 1. The number of anilines is 1. The van der Waals surface area contributed by atoms with E-state index in [0.29, 0.717) is 44.0 Å². The van der Waals surface area contributed by atoms with E-state index >= 15 is 0 Å². The highest BCUT2D eigenvalue weighted by Gasteiger charge is 2.18. The number of ether oxygens (including phenoxy) is 1. The second kappa shape index (κ2) is 9.34. The van der Waals surface area contributed by atoms with E-state index in [-0.39, 0.29) is 16.9 Å². The molecule has 0 aliphatic carbocycles. The fourth-order valence-electron chi connectivity index (χ4n) is 2.37.